The quantitative estimate of drug-likeness (QED) is 0.808. The molecule has 3 nitrogen and oxygen atoms in total. The zero-order chi connectivity index (χ0) is 13.7. The summed E-state index contributed by atoms with van der Waals surface area (Å²) >= 11 is 3.45. The Bertz CT molecular complexity index is 416. The largest absolute Gasteiger partial charge is 0.497 e. The molecule has 1 unspecified atom stereocenters. The van der Waals surface area contributed by atoms with Crippen LogP contribution in [0.5, 0.6) is 5.75 Å². The maximum absolute atomic E-state index is 12.2. The molecular weight excluding hydrogens is 296 g/mol. The monoisotopic (exact) mass is 314 g/mol. The Morgan fingerprint density at radius 2 is 2.00 bits per heavy atom. The van der Waals surface area contributed by atoms with Gasteiger partial charge in [0, 0.05) is 18.0 Å². The van der Waals surface area contributed by atoms with Gasteiger partial charge in [0.15, 0.2) is 5.78 Å². The molecule has 0 aliphatic heterocycles. The van der Waals surface area contributed by atoms with Crippen molar-refractivity contribution in [3.8, 4) is 5.75 Å². The lowest BCUT2D eigenvalue weighted by Gasteiger charge is -2.18. The minimum Gasteiger partial charge on any atom is -0.497 e. The first kappa shape index (κ1) is 15.2. The maximum atomic E-state index is 12.2. The predicted molar refractivity (Wildman–Crippen MR) is 75.0 cm³/mol. The fourth-order valence-electron chi connectivity index (χ4n) is 1.88. The topological polar surface area (TPSA) is 35.5 Å². The normalized spacial score (nSPS) is 12.6. The number of hydrogen-bond donors (Lipinski definition) is 0. The smallest absolute Gasteiger partial charge is 0.166 e. The molecule has 0 bridgehead atoms. The average molecular weight is 315 g/mol. The number of methoxy groups -OCH3 is 2. The van der Waals surface area contributed by atoms with E-state index in [1.54, 1.807) is 14.2 Å². The van der Waals surface area contributed by atoms with Crippen molar-refractivity contribution in [1.29, 1.82) is 0 Å². The van der Waals surface area contributed by atoms with Crippen molar-refractivity contribution in [2.45, 2.75) is 26.4 Å². The highest BCUT2D eigenvalue weighted by Gasteiger charge is 2.22. The van der Waals surface area contributed by atoms with Crippen LogP contribution in [0, 0.1) is 5.92 Å². The molecule has 1 atom stereocenters. The van der Waals surface area contributed by atoms with Crippen LogP contribution in [0.2, 0.25) is 0 Å². The second-order valence-corrected chi connectivity index (χ2v) is 5.36. The molecule has 0 amide bonds. The zero-order valence-electron chi connectivity index (χ0n) is 11.2. The van der Waals surface area contributed by atoms with Crippen molar-refractivity contribution in [3.05, 3.63) is 28.2 Å². The van der Waals surface area contributed by atoms with Crippen LogP contribution in [0.1, 0.15) is 19.4 Å². The third-order valence-electron chi connectivity index (χ3n) is 2.79. The van der Waals surface area contributed by atoms with E-state index in [1.165, 1.54) is 0 Å². The summed E-state index contributed by atoms with van der Waals surface area (Å²) in [5.41, 5.74) is 0.919. The first-order valence-electron chi connectivity index (χ1n) is 5.87. The molecule has 0 aliphatic rings. The van der Waals surface area contributed by atoms with Crippen LogP contribution < -0.4 is 4.74 Å². The standard InChI is InChI=1S/C14H19BrO3/c1-9(2)14(18-4)13(16)8-10-7-11(17-3)5-6-12(10)15/h5-7,9,14H,8H2,1-4H3. The Balaban J connectivity index is 2.86. The number of carbonyl (C=O) groups excluding carboxylic acids is 1. The highest BCUT2D eigenvalue weighted by Crippen LogP contribution is 2.24. The first-order valence-corrected chi connectivity index (χ1v) is 6.66. The van der Waals surface area contributed by atoms with E-state index in [9.17, 15) is 4.79 Å². The van der Waals surface area contributed by atoms with Crippen LogP contribution in [-0.2, 0) is 16.0 Å². The van der Waals surface area contributed by atoms with Crippen LogP contribution in [0.4, 0.5) is 0 Å². The molecule has 18 heavy (non-hydrogen) atoms. The van der Waals surface area contributed by atoms with Crippen LogP contribution >= 0.6 is 15.9 Å². The van der Waals surface area contributed by atoms with E-state index in [2.05, 4.69) is 15.9 Å². The van der Waals surface area contributed by atoms with Crippen molar-refractivity contribution in [2.24, 2.45) is 5.92 Å². The van der Waals surface area contributed by atoms with Gasteiger partial charge in [0.1, 0.15) is 11.9 Å². The Morgan fingerprint density at radius 1 is 1.33 bits per heavy atom. The van der Waals surface area contributed by atoms with Gasteiger partial charge < -0.3 is 9.47 Å². The van der Waals surface area contributed by atoms with Crippen molar-refractivity contribution >= 4 is 21.7 Å². The molecular formula is C14H19BrO3. The highest BCUT2D eigenvalue weighted by molar-refractivity contribution is 9.10. The molecule has 1 aromatic rings. The van der Waals surface area contributed by atoms with Gasteiger partial charge in [-0.25, -0.2) is 0 Å². The molecule has 0 spiro atoms. The number of Topliss-reactive ketones (excluding diaryl/α,β-unsaturated/α-hetero) is 1. The second-order valence-electron chi connectivity index (χ2n) is 4.50. The zero-order valence-corrected chi connectivity index (χ0v) is 12.8. The molecule has 0 aliphatic carbocycles. The lowest BCUT2D eigenvalue weighted by atomic mass is 9.98. The molecule has 0 radical (unpaired) electrons. The molecule has 0 heterocycles. The maximum Gasteiger partial charge on any atom is 0.166 e. The van der Waals surface area contributed by atoms with Gasteiger partial charge in [0.2, 0.25) is 0 Å². The Hall–Kier alpha value is -0.870. The van der Waals surface area contributed by atoms with Crippen molar-refractivity contribution in [3.63, 3.8) is 0 Å². The number of rotatable bonds is 6. The van der Waals surface area contributed by atoms with Crippen LogP contribution in [0.3, 0.4) is 0 Å². The van der Waals surface area contributed by atoms with Gasteiger partial charge in [-0.1, -0.05) is 29.8 Å². The lowest BCUT2D eigenvalue weighted by Crippen LogP contribution is -2.30. The van der Waals surface area contributed by atoms with Crippen LogP contribution in [0.15, 0.2) is 22.7 Å². The molecule has 4 heteroatoms. The van der Waals surface area contributed by atoms with E-state index in [1.807, 2.05) is 32.0 Å². The Labute approximate surface area is 117 Å². The van der Waals surface area contributed by atoms with Crippen molar-refractivity contribution in [2.75, 3.05) is 14.2 Å². The van der Waals surface area contributed by atoms with E-state index in [4.69, 9.17) is 9.47 Å². The number of benzene rings is 1. The van der Waals surface area contributed by atoms with Crippen molar-refractivity contribution in [1.82, 2.24) is 0 Å². The summed E-state index contributed by atoms with van der Waals surface area (Å²) in [5, 5.41) is 0. The fourth-order valence-corrected chi connectivity index (χ4v) is 2.26. The first-order chi connectivity index (χ1) is 8.49. The van der Waals surface area contributed by atoms with Gasteiger partial charge in [-0.2, -0.15) is 0 Å². The fraction of sp³-hybridized carbons (Fsp3) is 0.500. The van der Waals surface area contributed by atoms with E-state index in [0.717, 1.165) is 15.8 Å². The summed E-state index contributed by atoms with van der Waals surface area (Å²) in [5.74, 6) is 1.01. The molecule has 0 saturated heterocycles. The minimum atomic E-state index is -0.358. The highest BCUT2D eigenvalue weighted by atomic mass is 79.9. The van der Waals surface area contributed by atoms with Crippen LogP contribution in [-0.4, -0.2) is 26.1 Å². The SMILES string of the molecule is COc1ccc(Br)c(CC(=O)C(OC)C(C)C)c1. The van der Waals surface area contributed by atoms with E-state index in [0.29, 0.717) is 6.42 Å². The predicted octanol–water partition coefficient (Wildman–Crippen LogP) is 3.24. The number of ether oxygens (including phenoxy) is 2. The van der Waals surface area contributed by atoms with Gasteiger partial charge in [0.05, 0.1) is 7.11 Å². The molecule has 100 valence electrons. The third-order valence-corrected chi connectivity index (χ3v) is 3.57. The molecule has 0 aromatic heterocycles. The van der Waals surface area contributed by atoms with Gasteiger partial charge >= 0.3 is 0 Å². The second kappa shape index (κ2) is 6.90. The number of carbonyl (C=O) groups is 1. The third kappa shape index (κ3) is 3.82. The molecule has 0 saturated carbocycles. The van der Waals surface area contributed by atoms with Gasteiger partial charge in [-0.15, -0.1) is 0 Å². The minimum absolute atomic E-state index is 0.0847. The molecule has 0 N–H and O–H groups in total. The average Bonchev–Trinajstić information content (AvgIpc) is 2.32. The summed E-state index contributed by atoms with van der Waals surface area (Å²) in [6.45, 7) is 3.96. The number of hydrogen-bond acceptors (Lipinski definition) is 3. The lowest BCUT2D eigenvalue weighted by molar-refractivity contribution is -0.130. The number of halogens is 1. The summed E-state index contributed by atoms with van der Waals surface area (Å²) < 4.78 is 11.3. The van der Waals surface area contributed by atoms with Crippen LogP contribution in [0.25, 0.3) is 0 Å². The van der Waals surface area contributed by atoms with Gasteiger partial charge in [-0.3, -0.25) is 4.79 Å². The van der Waals surface area contributed by atoms with E-state index in [-0.39, 0.29) is 17.8 Å². The summed E-state index contributed by atoms with van der Waals surface area (Å²) in [7, 11) is 3.18. The van der Waals surface area contributed by atoms with E-state index >= 15 is 0 Å². The summed E-state index contributed by atoms with van der Waals surface area (Å²) in [6, 6.07) is 5.61. The summed E-state index contributed by atoms with van der Waals surface area (Å²) in [6.07, 6.45) is -0.0165. The van der Waals surface area contributed by atoms with Gasteiger partial charge in [-0.05, 0) is 29.7 Å². The molecule has 0 fully saturated rings. The van der Waals surface area contributed by atoms with E-state index < -0.39 is 0 Å². The molecule has 1 rings (SSSR count). The van der Waals surface area contributed by atoms with Crippen molar-refractivity contribution < 1.29 is 14.3 Å². The Kier molecular flexibility index (Phi) is 5.82. The van der Waals surface area contributed by atoms with Gasteiger partial charge in [0.25, 0.3) is 0 Å². The molecule has 1 aromatic carbocycles. The summed E-state index contributed by atoms with van der Waals surface area (Å²) in [4.78, 5) is 12.2. The Morgan fingerprint density at radius 3 is 2.50 bits per heavy atom. The number of ketones is 1.